The molecule has 2 saturated heterocycles. The Morgan fingerprint density at radius 3 is 2.50 bits per heavy atom. The Kier molecular flexibility index (Phi) is 7.94. The van der Waals surface area contributed by atoms with E-state index in [9.17, 15) is 18.3 Å². The minimum Gasteiger partial charge on any atom is -0.504 e. The fourth-order valence-electron chi connectivity index (χ4n) is 5.78. The molecule has 3 aliphatic rings. The van der Waals surface area contributed by atoms with Gasteiger partial charge < -0.3 is 20.1 Å². The number of alkyl halides is 3. The van der Waals surface area contributed by atoms with E-state index in [1.165, 1.54) is 12.1 Å². The molecule has 0 aliphatic carbocycles. The first kappa shape index (κ1) is 26.6. The molecule has 1 aromatic heterocycles. The molecule has 0 amide bonds. The number of nitrogens with one attached hydrogen (secondary N) is 1. The van der Waals surface area contributed by atoms with E-state index < -0.39 is 6.36 Å². The molecule has 2 fully saturated rings. The number of halogens is 3. The third-order valence-corrected chi connectivity index (χ3v) is 7.68. The van der Waals surface area contributed by atoms with Crippen molar-refractivity contribution in [2.45, 2.75) is 51.2 Å². The smallest absolute Gasteiger partial charge is 0.504 e. The van der Waals surface area contributed by atoms with E-state index in [4.69, 9.17) is 0 Å². The summed E-state index contributed by atoms with van der Waals surface area (Å²) < 4.78 is 41.2. The van der Waals surface area contributed by atoms with Crippen molar-refractivity contribution in [1.82, 2.24) is 20.1 Å². The molecule has 1 aromatic carbocycles. The lowest BCUT2D eigenvalue weighted by Gasteiger charge is -2.47. The first-order valence-electron chi connectivity index (χ1n) is 13.3. The van der Waals surface area contributed by atoms with Crippen LogP contribution < -0.4 is 15.0 Å². The number of hydrogen-bond acceptors (Lipinski definition) is 8. The zero-order valence-corrected chi connectivity index (χ0v) is 21.6. The van der Waals surface area contributed by atoms with Crippen molar-refractivity contribution in [1.29, 1.82) is 0 Å². The summed E-state index contributed by atoms with van der Waals surface area (Å²) in [5.41, 5.74) is 1.79. The molecule has 0 radical (unpaired) electrons. The third kappa shape index (κ3) is 6.32. The highest BCUT2D eigenvalue weighted by Gasteiger charge is 2.34. The molecule has 206 valence electrons. The lowest BCUT2D eigenvalue weighted by Crippen LogP contribution is -2.58. The van der Waals surface area contributed by atoms with Crippen LogP contribution in [0, 0.1) is 0 Å². The molecular weight excluding hydrogens is 497 g/mol. The third-order valence-electron chi connectivity index (χ3n) is 7.68. The molecule has 3 aliphatic heterocycles. The Morgan fingerprint density at radius 1 is 1.11 bits per heavy atom. The predicted molar refractivity (Wildman–Crippen MR) is 140 cm³/mol. The van der Waals surface area contributed by atoms with Crippen LogP contribution in [0.5, 0.6) is 11.5 Å². The van der Waals surface area contributed by atoms with Crippen LogP contribution in [0.3, 0.4) is 0 Å². The van der Waals surface area contributed by atoms with Crippen molar-refractivity contribution in [3.63, 3.8) is 0 Å². The van der Waals surface area contributed by atoms with E-state index in [1.54, 1.807) is 24.4 Å². The zero-order chi connectivity index (χ0) is 26.7. The molecule has 0 bridgehead atoms. The van der Waals surface area contributed by atoms with E-state index in [1.807, 2.05) is 0 Å². The summed E-state index contributed by atoms with van der Waals surface area (Å²) >= 11 is 0. The topological polar surface area (TPSA) is 76.5 Å². The molecule has 2 N–H and O–H groups in total. The minimum absolute atomic E-state index is 0.188. The Balaban J connectivity index is 1.13. The molecular formula is C27H35F3N6O2. The predicted octanol–water partition coefficient (Wildman–Crippen LogP) is 3.60. The number of likely N-dealkylation sites (tertiary alicyclic amines) is 1. The average Bonchev–Trinajstić information content (AvgIpc) is 3.44. The number of amidine groups is 1. The van der Waals surface area contributed by atoms with Crippen molar-refractivity contribution in [3.8, 4) is 11.5 Å². The molecule has 2 aromatic rings. The number of hydrogen-bond donors (Lipinski definition) is 2. The van der Waals surface area contributed by atoms with E-state index in [2.05, 4.69) is 41.7 Å². The van der Waals surface area contributed by atoms with Crippen LogP contribution in [0.2, 0.25) is 0 Å². The first-order valence-corrected chi connectivity index (χ1v) is 13.3. The van der Waals surface area contributed by atoms with Crippen molar-refractivity contribution in [2.24, 2.45) is 4.99 Å². The number of rotatable bonds is 7. The van der Waals surface area contributed by atoms with Crippen LogP contribution in [-0.4, -0.2) is 90.0 Å². The first-order chi connectivity index (χ1) is 18.3. The summed E-state index contributed by atoms with van der Waals surface area (Å²) in [7, 11) is 0. The SMILES string of the molecule is CCC1CN(c2ncc(C3=NCCN3)cc2O)CCN1C1CCN(Cc2ccc(OC(F)(F)F)cc2)CC1. The number of pyridine rings is 1. The molecule has 5 rings (SSSR count). The Hall–Kier alpha value is -3.05. The Labute approximate surface area is 221 Å². The van der Waals surface area contributed by atoms with Crippen molar-refractivity contribution < 1.29 is 23.0 Å². The Morgan fingerprint density at radius 2 is 1.87 bits per heavy atom. The van der Waals surface area contributed by atoms with Gasteiger partial charge in [-0.1, -0.05) is 19.1 Å². The monoisotopic (exact) mass is 532 g/mol. The number of aromatic hydroxyl groups is 1. The van der Waals surface area contributed by atoms with Gasteiger partial charge in [0.25, 0.3) is 0 Å². The van der Waals surface area contributed by atoms with Crippen molar-refractivity contribution in [3.05, 3.63) is 47.7 Å². The number of aliphatic imine (C=N–C) groups is 1. The van der Waals surface area contributed by atoms with Gasteiger partial charge in [0.15, 0.2) is 11.6 Å². The highest BCUT2D eigenvalue weighted by molar-refractivity contribution is 6.00. The quantitative estimate of drug-likeness (QED) is 0.565. The molecule has 0 saturated carbocycles. The molecule has 38 heavy (non-hydrogen) atoms. The maximum atomic E-state index is 12.4. The van der Waals surface area contributed by atoms with Gasteiger partial charge in [-0.3, -0.25) is 14.8 Å². The van der Waals surface area contributed by atoms with Gasteiger partial charge in [0.1, 0.15) is 11.6 Å². The highest BCUT2D eigenvalue weighted by atomic mass is 19.4. The van der Waals surface area contributed by atoms with Gasteiger partial charge in [0.2, 0.25) is 0 Å². The van der Waals surface area contributed by atoms with Crippen LogP contribution in [-0.2, 0) is 6.54 Å². The number of anilines is 1. The maximum Gasteiger partial charge on any atom is 0.573 e. The normalized spacial score (nSPS) is 21.8. The van der Waals surface area contributed by atoms with E-state index in [-0.39, 0.29) is 11.5 Å². The average molecular weight is 533 g/mol. The number of nitrogens with zero attached hydrogens (tertiary/aromatic N) is 5. The number of piperazine rings is 1. The van der Waals surface area contributed by atoms with Crippen LogP contribution in [0.1, 0.15) is 37.3 Å². The van der Waals surface area contributed by atoms with Crippen LogP contribution >= 0.6 is 0 Å². The molecule has 11 heteroatoms. The van der Waals surface area contributed by atoms with Crippen LogP contribution in [0.15, 0.2) is 41.5 Å². The summed E-state index contributed by atoms with van der Waals surface area (Å²) in [6, 6.07) is 8.78. The summed E-state index contributed by atoms with van der Waals surface area (Å²) in [6.07, 6.45) is 0.238. The summed E-state index contributed by atoms with van der Waals surface area (Å²) in [5, 5.41) is 13.9. The molecule has 0 spiro atoms. The molecule has 1 atom stereocenters. The van der Waals surface area contributed by atoms with Crippen molar-refractivity contribution in [2.75, 3.05) is 50.7 Å². The fourth-order valence-corrected chi connectivity index (χ4v) is 5.78. The summed E-state index contributed by atoms with van der Waals surface area (Å²) in [6.45, 7) is 8.92. The number of benzene rings is 1. The largest absolute Gasteiger partial charge is 0.573 e. The highest BCUT2D eigenvalue weighted by Crippen LogP contribution is 2.31. The van der Waals surface area contributed by atoms with Crippen LogP contribution in [0.4, 0.5) is 19.0 Å². The zero-order valence-electron chi connectivity index (χ0n) is 21.6. The van der Waals surface area contributed by atoms with Crippen LogP contribution in [0.25, 0.3) is 0 Å². The van der Waals surface area contributed by atoms with Gasteiger partial charge >= 0.3 is 6.36 Å². The minimum atomic E-state index is -4.67. The summed E-state index contributed by atoms with van der Waals surface area (Å²) in [5.74, 6) is 1.42. The molecule has 8 nitrogen and oxygen atoms in total. The van der Waals surface area contributed by atoms with E-state index in [0.29, 0.717) is 24.4 Å². The number of aromatic nitrogens is 1. The van der Waals surface area contributed by atoms with Gasteiger partial charge in [-0.25, -0.2) is 4.98 Å². The fraction of sp³-hybridized carbons (Fsp3) is 0.556. The summed E-state index contributed by atoms with van der Waals surface area (Å²) in [4.78, 5) is 16.2. The molecule has 4 heterocycles. The lowest BCUT2D eigenvalue weighted by molar-refractivity contribution is -0.274. The second-order valence-electron chi connectivity index (χ2n) is 10.2. The van der Waals surface area contributed by atoms with E-state index >= 15 is 0 Å². The maximum absolute atomic E-state index is 12.4. The second-order valence-corrected chi connectivity index (χ2v) is 10.2. The van der Waals surface area contributed by atoms with E-state index in [0.717, 1.165) is 82.0 Å². The number of ether oxygens (including phenoxy) is 1. The second kappa shape index (κ2) is 11.4. The van der Waals surface area contributed by atoms with Gasteiger partial charge in [0, 0.05) is 56.6 Å². The molecule has 1 unspecified atom stereocenters. The van der Waals surface area contributed by atoms with Gasteiger partial charge in [-0.2, -0.15) is 0 Å². The lowest BCUT2D eigenvalue weighted by atomic mass is 9.97. The standard InChI is InChI=1S/C27H35F3N6O2/c1-2-21-18-35(26-24(37)15-20(16-33-26)25-31-9-10-32-25)13-14-36(21)22-7-11-34(12-8-22)17-19-3-5-23(6-4-19)38-27(28,29)30/h3-6,15-16,21-22,37H,2,7-14,17-18H2,1H3,(H,31,32). The van der Waals surface area contributed by atoms with Gasteiger partial charge in [-0.05, 0) is 56.1 Å². The van der Waals surface area contributed by atoms with Crippen molar-refractivity contribution >= 4 is 11.7 Å². The number of piperidine rings is 1. The van der Waals surface area contributed by atoms with Gasteiger partial charge in [0.05, 0.1) is 6.54 Å². The Bertz CT molecular complexity index is 1120. The van der Waals surface area contributed by atoms with Gasteiger partial charge in [-0.15, -0.1) is 13.2 Å².